The first-order valence-corrected chi connectivity index (χ1v) is 17.8. The van der Waals surface area contributed by atoms with Gasteiger partial charge in [0.1, 0.15) is 11.8 Å². The van der Waals surface area contributed by atoms with E-state index < -0.39 is 64.6 Å². The minimum Gasteiger partial charge on any atom is -0.483 e. The second-order valence-corrected chi connectivity index (χ2v) is 15.7. The third-order valence-electron chi connectivity index (χ3n) is 8.06. The summed E-state index contributed by atoms with van der Waals surface area (Å²) in [4.78, 5) is 79.6. The van der Waals surface area contributed by atoms with Crippen LogP contribution < -0.4 is 20.7 Å². The quantitative estimate of drug-likeness (QED) is 0.188. The number of thioether (sulfide) groups is 1. The number of aliphatic carboxylic acids is 1. The number of hydrogen-bond donors (Lipinski definition) is 4. The molecule has 2 aromatic carbocycles. The largest absolute Gasteiger partial charge is 0.483 e. The maximum atomic E-state index is 14.6. The fourth-order valence-electron chi connectivity index (χ4n) is 5.65. The SMILES string of the molecule is Cc1cccc(C)c1OCC(=O)N[C@@H](Cc1ccccc1)[C@H](OC(=O)CCC(=O)NCCC(=O)O)C(=O)N1CSC(C)(C)C1C(=O)NC(C)(C)C. The van der Waals surface area contributed by atoms with E-state index in [9.17, 15) is 28.8 Å². The predicted molar refractivity (Wildman–Crippen MR) is 193 cm³/mol. The van der Waals surface area contributed by atoms with Crippen LogP contribution in [0.15, 0.2) is 48.5 Å². The molecule has 0 saturated carbocycles. The fourth-order valence-corrected chi connectivity index (χ4v) is 6.79. The van der Waals surface area contributed by atoms with Crippen LogP contribution >= 0.6 is 11.8 Å². The van der Waals surface area contributed by atoms with Crippen molar-refractivity contribution >= 4 is 47.3 Å². The standard InChI is InChI=1S/C37H50N4O9S/c1-23-12-11-13-24(2)31(23)49-21-28(43)39-26(20-25-14-9-8-10-15-25)32(50-30(46)17-16-27(42)38-19-18-29(44)45)35(48)41-22-51-37(6,7)33(41)34(47)40-36(3,4)5/h8-15,26,32-33H,16-22H2,1-7H3,(H,38,42)(H,39,43)(H,40,47)(H,44,45)/t26-,32-,33?/m0/s1. The smallest absolute Gasteiger partial charge is 0.307 e. The third-order valence-corrected chi connectivity index (χ3v) is 9.44. The Bertz CT molecular complexity index is 1560. The van der Waals surface area contributed by atoms with E-state index >= 15 is 0 Å². The van der Waals surface area contributed by atoms with Gasteiger partial charge in [0.05, 0.1) is 24.8 Å². The minimum absolute atomic E-state index is 0.0819. The molecule has 51 heavy (non-hydrogen) atoms. The molecular weight excluding hydrogens is 676 g/mol. The van der Waals surface area contributed by atoms with Crippen LogP contribution in [0.5, 0.6) is 5.75 Å². The lowest BCUT2D eigenvalue weighted by Gasteiger charge is -2.36. The zero-order chi connectivity index (χ0) is 37.9. The lowest BCUT2D eigenvalue weighted by Crippen LogP contribution is -2.61. The molecule has 1 aliphatic heterocycles. The molecule has 3 atom stereocenters. The summed E-state index contributed by atoms with van der Waals surface area (Å²) in [7, 11) is 0. The molecule has 278 valence electrons. The van der Waals surface area contributed by atoms with Gasteiger partial charge in [-0.25, -0.2) is 0 Å². The number of carboxylic acid groups (broad SMARTS) is 1. The number of para-hydroxylation sites is 1. The van der Waals surface area contributed by atoms with Crippen LogP contribution in [0.2, 0.25) is 0 Å². The van der Waals surface area contributed by atoms with E-state index in [1.165, 1.54) is 16.7 Å². The molecule has 0 bridgehead atoms. The normalized spacial score (nSPS) is 16.4. The average molecular weight is 727 g/mol. The summed E-state index contributed by atoms with van der Waals surface area (Å²) in [6, 6.07) is 12.6. The van der Waals surface area contributed by atoms with Crippen molar-refractivity contribution in [1.82, 2.24) is 20.9 Å². The average Bonchev–Trinajstić information content (AvgIpc) is 3.36. The molecule has 3 rings (SSSR count). The number of nitrogens with one attached hydrogen (secondary N) is 3. The van der Waals surface area contributed by atoms with Crippen molar-refractivity contribution in [2.45, 2.75) is 103 Å². The van der Waals surface area contributed by atoms with E-state index in [1.54, 1.807) is 12.1 Å². The van der Waals surface area contributed by atoms with Gasteiger partial charge in [0, 0.05) is 23.3 Å². The van der Waals surface area contributed by atoms with Crippen LogP contribution in [-0.4, -0.2) is 93.1 Å². The highest BCUT2D eigenvalue weighted by Gasteiger charge is 2.51. The number of carboxylic acids is 1. The van der Waals surface area contributed by atoms with Crippen molar-refractivity contribution < 1.29 is 43.3 Å². The molecule has 1 saturated heterocycles. The van der Waals surface area contributed by atoms with Crippen molar-refractivity contribution in [2.75, 3.05) is 19.0 Å². The predicted octanol–water partition coefficient (Wildman–Crippen LogP) is 3.29. The van der Waals surface area contributed by atoms with Gasteiger partial charge in [-0.1, -0.05) is 48.5 Å². The monoisotopic (exact) mass is 726 g/mol. The van der Waals surface area contributed by atoms with E-state index in [0.717, 1.165) is 16.7 Å². The number of carbonyl (C=O) groups excluding carboxylic acids is 5. The highest BCUT2D eigenvalue weighted by atomic mass is 32.2. The molecule has 0 radical (unpaired) electrons. The zero-order valence-corrected chi connectivity index (χ0v) is 31.2. The van der Waals surface area contributed by atoms with Gasteiger partial charge in [-0.05, 0) is 71.6 Å². The maximum Gasteiger partial charge on any atom is 0.307 e. The molecule has 14 heteroatoms. The first kappa shape index (κ1) is 40.8. The molecule has 1 unspecified atom stereocenters. The van der Waals surface area contributed by atoms with Crippen LogP contribution in [0.1, 0.15) is 70.6 Å². The van der Waals surface area contributed by atoms with Gasteiger partial charge in [0.15, 0.2) is 6.61 Å². The first-order chi connectivity index (χ1) is 23.9. The summed E-state index contributed by atoms with van der Waals surface area (Å²) in [5.74, 6) is -3.48. The molecule has 0 aromatic heterocycles. The summed E-state index contributed by atoms with van der Waals surface area (Å²) in [6.45, 7) is 12.4. The Hall–Kier alpha value is -4.59. The van der Waals surface area contributed by atoms with Gasteiger partial charge in [-0.15, -0.1) is 11.8 Å². The number of aryl methyl sites for hydroxylation is 2. The molecule has 0 spiro atoms. The van der Waals surface area contributed by atoms with Crippen LogP contribution in [0.3, 0.4) is 0 Å². The highest BCUT2D eigenvalue weighted by molar-refractivity contribution is 8.00. The number of ether oxygens (including phenoxy) is 2. The Labute approximate surface area is 303 Å². The van der Waals surface area contributed by atoms with Crippen molar-refractivity contribution in [2.24, 2.45) is 0 Å². The second kappa shape index (κ2) is 18.1. The minimum atomic E-state index is -1.59. The van der Waals surface area contributed by atoms with Gasteiger partial charge < -0.3 is 35.4 Å². The van der Waals surface area contributed by atoms with Gasteiger partial charge in [-0.2, -0.15) is 0 Å². The number of hydrogen-bond acceptors (Lipinski definition) is 9. The number of amides is 4. The Morgan fingerprint density at radius 3 is 2.20 bits per heavy atom. The molecule has 1 heterocycles. The van der Waals surface area contributed by atoms with E-state index in [4.69, 9.17) is 14.6 Å². The number of benzene rings is 2. The van der Waals surface area contributed by atoms with Crippen molar-refractivity contribution in [3.63, 3.8) is 0 Å². The number of nitrogens with zero attached hydrogens (tertiary/aromatic N) is 1. The van der Waals surface area contributed by atoms with Gasteiger partial charge in [0.2, 0.25) is 17.9 Å². The summed E-state index contributed by atoms with van der Waals surface area (Å²) in [5, 5.41) is 17.1. The van der Waals surface area contributed by atoms with Crippen LogP contribution in [0.4, 0.5) is 0 Å². The van der Waals surface area contributed by atoms with E-state index in [1.807, 2.05) is 84.9 Å². The molecule has 0 aliphatic carbocycles. The first-order valence-electron chi connectivity index (χ1n) is 16.8. The Morgan fingerprint density at radius 1 is 0.941 bits per heavy atom. The Kier molecular flexibility index (Phi) is 14.5. The van der Waals surface area contributed by atoms with Crippen LogP contribution in [-0.2, 0) is 39.9 Å². The molecule has 13 nitrogen and oxygen atoms in total. The number of carbonyl (C=O) groups is 6. The molecular formula is C37H50N4O9S. The van der Waals surface area contributed by atoms with Crippen molar-refractivity contribution in [3.8, 4) is 5.75 Å². The van der Waals surface area contributed by atoms with Gasteiger partial charge in [0.25, 0.3) is 11.8 Å². The Morgan fingerprint density at radius 2 is 1.59 bits per heavy atom. The zero-order valence-electron chi connectivity index (χ0n) is 30.4. The van der Waals surface area contributed by atoms with Gasteiger partial charge >= 0.3 is 11.9 Å². The lowest BCUT2D eigenvalue weighted by molar-refractivity contribution is -0.164. The summed E-state index contributed by atoms with van der Waals surface area (Å²) < 4.78 is 11.0. The van der Waals surface area contributed by atoms with Crippen molar-refractivity contribution in [3.05, 3.63) is 65.2 Å². The van der Waals surface area contributed by atoms with Crippen LogP contribution in [0.25, 0.3) is 0 Å². The highest BCUT2D eigenvalue weighted by Crippen LogP contribution is 2.40. The van der Waals surface area contributed by atoms with Crippen molar-refractivity contribution in [1.29, 1.82) is 0 Å². The maximum absolute atomic E-state index is 14.6. The summed E-state index contributed by atoms with van der Waals surface area (Å²) >= 11 is 1.40. The summed E-state index contributed by atoms with van der Waals surface area (Å²) in [5.41, 5.74) is 1.83. The second-order valence-electron chi connectivity index (χ2n) is 14.1. The topological polar surface area (TPSA) is 180 Å². The molecule has 4 N–H and O–H groups in total. The summed E-state index contributed by atoms with van der Waals surface area (Å²) in [6.07, 6.45) is -2.52. The molecule has 2 aromatic rings. The number of esters is 1. The Balaban J connectivity index is 1.95. The van der Waals surface area contributed by atoms with E-state index in [0.29, 0.717) is 5.75 Å². The number of rotatable bonds is 16. The fraction of sp³-hybridized carbons (Fsp3) is 0.514. The lowest BCUT2D eigenvalue weighted by atomic mass is 9.96. The van der Waals surface area contributed by atoms with Crippen LogP contribution in [0, 0.1) is 13.8 Å². The molecule has 1 fully saturated rings. The van der Waals surface area contributed by atoms with E-state index in [-0.39, 0.29) is 44.2 Å². The molecule has 1 aliphatic rings. The van der Waals surface area contributed by atoms with Gasteiger partial charge in [-0.3, -0.25) is 28.8 Å². The molecule has 4 amide bonds. The third kappa shape index (κ3) is 12.6. The van der Waals surface area contributed by atoms with E-state index in [2.05, 4.69) is 16.0 Å².